The number of nitrogens with zero attached hydrogens (tertiary/aromatic N) is 3. The molecule has 1 aromatic heterocycles. The number of fused-ring (bicyclic) bond motifs is 1. The Morgan fingerprint density at radius 1 is 1.17 bits per heavy atom. The van der Waals surface area contributed by atoms with Crippen LogP contribution in [0.15, 0.2) is 30.5 Å². The number of hydrogen-bond donors (Lipinski definition) is 1. The van der Waals surface area contributed by atoms with Gasteiger partial charge in [0.25, 0.3) is 5.91 Å². The molecule has 2 aliphatic heterocycles. The Labute approximate surface area is 176 Å². The molecule has 2 aromatic rings. The van der Waals surface area contributed by atoms with Crippen molar-refractivity contribution < 1.29 is 9.59 Å². The number of aromatic amines is 1. The lowest BCUT2D eigenvalue weighted by Crippen LogP contribution is -2.55. The molecule has 2 saturated heterocycles. The van der Waals surface area contributed by atoms with Gasteiger partial charge in [-0.2, -0.15) is 0 Å². The summed E-state index contributed by atoms with van der Waals surface area (Å²) in [4.78, 5) is 35.8. The summed E-state index contributed by atoms with van der Waals surface area (Å²) in [5.74, 6) is 2.01. The van der Waals surface area contributed by atoms with E-state index in [0.29, 0.717) is 23.1 Å². The molecule has 0 spiro atoms. The second-order valence-electron chi connectivity index (χ2n) is 8.39. The van der Waals surface area contributed by atoms with Gasteiger partial charge < -0.3 is 14.8 Å². The second-order valence-corrected chi connectivity index (χ2v) is 9.39. The fourth-order valence-electron chi connectivity index (χ4n) is 4.09. The maximum absolute atomic E-state index is 13.2. The van der Waals surface area contributed by atoms with Crippen molar-refractivity contribution in [1.82, 2.24) is 19.7 Å². The van der Waals surface area contributed by atoms with E-state index in [2.05, 4.69) is 23.7 Å². The Hall–Kier alpha value is -1.99. The third-order valence-corrected chi connectivity index (χ3v) is 6.97. The lowest BCUT2D eigenvalue weighted by molar-refractivity contribution is -0.136. The molecule has 0 bridgehead atoms. The molecule has 6 nitrogen and oxygen atoms in total. The molecule has 0 unspecified atom stereocenters. The van der Waals surface area contributed by atoms with Gasteiger partial charge in [0.15, 0.2) is 0 Å². The molecule has 1 atom stereocenters. The van der Waals surface area contributed by atoms with Gasteiger partial charge in [-0.25, -0.2) is 0 Å². The molecule has 2 fully saturated rings. The van der Waals surface area contributed by atoms with Crippen LogP contribution in [0.4, 0.5) is 0 Å². The maximum atomic E-state index is 13.2. The van der Waals surface area contributed by atoms with Crippen molar-refractivity contribution in [1.29, 1.82) is 0 Å². The van der Waals surface area contributed by atoms with Gasteiger partial charge in [-0.1, -0.05) is 32.0 Å². The zero-order valence-electron chi connectivity index (χ0n) is 17.3. The fourth-order valence-corrected chi connectivity index (χ4v) is 5.24. The molecule has 1 aromatic carbocycles. The van der Waals surface area contributed by atoms with Crippen molar-refractivity contribution in [2.75, 3.05) is 44.4 Å². The highest BCUT2D eigenvalue weighted by Crippen LogP contribution is 2.27. The van der Waals surface area contributed by atoms with E-state index in [4.69, 9.17) is 0 Å². The molecule has 0 aliphatic carbocycles. The van der Waals surface area contributed by atoms with Gasteiger partial charge in [-0.05, 0) is 24.9 Å². The number of carbonyl (C=O) groups is 2. The highest BCUT2D eigenvalue weighted by atomic mass is 32.2. The van der Waals surface area contributed by atoms with E-state index in [1.165, 1.54) is 6.42 Å². The minimum Gasteiger partial charge on any atom is -0.360 e. The lowest BCUT2D eigenvalue weighted by Gasteiger charge is -2.37. The normalized spacial score (nSPS) is 20.7. The highest BCUT2D eigenvalue weighted by Gasteiger charge is 2.38. The number of piperazine rings is 1. The SMILES string of the molecule is CC(C)CCN1CCN(C(=O)[C@H]2CSCN2C(=O)c2c[nH]c3ccccc23)CC1. The predicted molar refractivity (Wildman–Crippen MR) is 118 cm³/mol. The summed E-state index contributed by atoms with van der Waals surface area (Å²) in [6.07, 6.45) is 2.96. The Morgan fingerprint density at radius 3 is 2.69 bits per heavy atom. The summed E-state index contributed by atoms with van der Waals surface area (Å²) in [5, 5.41) is 0.916. The number of rotatable bonds is 5. The van der Waals surface area contributed by atoms with Gasteiger partial charge in [0.1, 0.15) is 6.04 Å². The van der Waals surface area contributed by atoms with Crippen molar-refractivity contribution in [3.8, 4) is 0 Å². The summed E-state index contributed by atoms with van der Waals surface area (Å²) < 4.78 is 0. The van der Waals surface area contributed by atoms with Crippen LogP contribution in [0.5, 0.6) is 0 Å². The summed E-state index contributed by atoms with van der Waals surface area (Å²) in [6, 6.07) is 7.45. The zero-order valence-corrected chi connectivity index (χ0v) is 18.1. The fraction of sp³-hybridized carbons (Fsp3) is 0.545. The second kappa shape index (κ2) is 8.79. The lowest BCUT2D eigenvalue weighted by atomic mass is 10.1. The number of carbonyl (C=O) groups excluding carboxylic acids is 2. The highest BCUT2D eigenvalue weighted by molar-refractivity contribution is 7.99. The molecular weight excluding hydrogens is 384 g/mol. The van der Waals surface area contributed by atoms with Crippen LogP contribution < -0.4 is 0 Å². The van der Waals surface area contributed by atoms with Gasteiger partial charge in [-0.3, -0.25) is 14.5 Å². The van der Waals surface area contributed by atoms with Crippen molar-refractivity contribution in [3.05, 3.63) is 36.0 Å². The van der Waals surface area contributed by atoms with Crippen LogP contribution in [-0.4, -0.2) is 81.9 Å². The van der Waals surface area contributed by atoms with Gasteiger partial charge >= 0.3 is 0 Å². The van der Waals surface area contributed by atoms with Crippen molar-refractivity contribution in [2.45, 2.75) is 26.3 Å². The Kier molecular flexibility index (Phi) is 6.15. The minimum absolute atomic E-state index is 0.0543. The summed E-state index contributed by atoms with van der Waals surface area (Å²) in [7, 11) is 0. The standard InChI is InChI=1S/C22H30N4O2S/c1-16(2)7-8-24-9-11-25(12-10-24)22(28)20-14-29-15-26(20)21(27)18-13-23-19-6-4-3-5-17(18)19/h3-6,13,16,20,23H,7-12,14-15H2,1-2H3/t20-/m1/s1. The molecule has 7 heteroatoms. The molecular formula is C22H30N4O2S. The summed E-state index contributed by atoms with van der Waals surface area (Å²) >= 11 is 1.66. The Bertz CT molecular complexity index is 873. The number of H-pyrrole nitrogens is 1. The number of thioether (sulfide) groups is 1. The molecule has 2 amide bonds. The number of hydrogen-bond acceptors (Lipinski definition) is 4. The monoisotopic (exact) mass is 414 g/mol. The molecule has 29 heavy (non-hydrogen) atoms. The van der Waals surface area contributed by atoms with Crippen LogP contribution in [0.2, 0.25) is 0 Å². The summed E-state index contributed by atoms with van der Waals surface area (Å²) in [6.45, 7) is 8.96. The molecule has 1 N–H and O–H groups in total. The van der Waals surface area contributed by atoms with Crippen LogP contribution in [-0.2, 0) is 4.79 Å². The number of para-hydroxylation sites is 1. The first kappa shape index (κ1) is 20.3. The van der Waals surface area contributed by atoms with Gasteiger partial charge in [0.2, 0.25) is 5.91 Å². The third-order valence-electron chi connectivity index (χ3n) is 5.95. The number of aromatic nitrogens is 1. The quantitative estimate of drug-likeness (QED) is 0.817. The van der Waals surface area contributed by atoms with Gasteiger partial charge in [0.05, 0.1) is 11.4 Å². The van der Waals surface area contributed by atoms with Crippen molar-refractivity contribution in [3.63, 3.8) is 0 Å². The van der Waals surface area contributed by atoms with E-state index >= 15 is 0 Å². The van der Waals surface area contributed by atoms with Gasteiger partial charge in [0, 0.05) is 49.0 Å². The van der Waals surface area contributed by atoms with E-state index < -0.39 is 0 Å². The van der Waals surface area contributed by atoms with Crippen LogP contribution >= 0.6 is 11.8 Å². The largest absolute Gasteiger partial charge is 0.360 e. The van der Waals surface area contributed by atoms with Crippen LogP contribution in [0.1, 0.15) is 30.6 Å². The zero-order chi connectivity index (χ0) is 20.4. The third kappa shape index (κ3) is 4.31. The predicted octanol–water partition coefficient (Wildman–Crippen LogP) is 2.87. The molecule has 2 aliphatic rings. The molecule has 3 heterocycles. The first-order chi connectivity index (χ1) is 14.0. The molecule has 0 saturated carbocycles. The van der Waals surface area contributed by atoms with Crippen LogP contribution in [0.3, 0.4) is 0 Å². The molecule has 156 valence electrons. The molecule has 0 radical (unpaired) electrons. The maximum Gasteiger partial charge on any atom is 0.257 e. The van der Waals surface area contributed by atoms with E-state index in [-0.39, 0.29) is 17.9 Å². The minimum atomic E-state index is -0.358. The number of nitrogens with one attached hydrogen (secondary N) is 1. The average molecular weight is 415 g/mol. The van der Waals surface area contributed by atoms with E-state index in [0.717, 1.165) is 43.6 Å². The number of amides is 2. The topological polar surface area (TPSA) is 59.6 Å². The van der Waals surface area contributed by atoms with E-state index in [1.807, 2.05) is 29.2 Å². The Morgan fingerprint density at radius 2 is 1.93 bits per heavy atom. The number of benzene rings is 1. The van der Waals surface area contributed by atoms with Crippen molar-refractivity contribution in [2.24, 2.45) is 5.92 Å². The van der Waals surface area contributed by atoms with Crippen molar-refractivity contribution >= 4 is 34.5 Å². The van der Waals surface area contributed by atoms with E-state index in [1.54, 1.807) is 22.9 Å². The van der Waals surface area contributed by atoms with Crippen LogP contribution in [0, 0.1) is 5.92 Å². The van der Waals surface area contributed by atoms with Gasteiger partial charge in [-0.15, -0.1) is 11.8 Å². The average Bonchev–Trinajstić information content (AvgIpc) is 3.39. The summed E-state index contributed by atoms with van der Waals surface area (Å²) in [5.41, 5.74) is 1.60. The smallest absolute Gasteiger partial charge is 0.257 e. The van der Waals surface area contributed by atoms with E-state index in [9.17, 15) is 9.59 Å². The molecule has 4 rings (SSSR count). The first-order valence-corrected chi connectivity index (χ1v) is 11.7. The Balaban J connectivity index is 1.41. The van der Waals surface area contributed by atoms with Crippen LogP contribution in [0.25, 0.3) is 10.9 Å². The first-order valence-electron chi connectivity index (χ1n) is 10.5.